The third-order valence-electron chi connectivity index (χ3n) is 6.03. The first-order valence-electron chi connectivity index (χ1n) is 11.1. The number of anilines is 4. The average molecular weight is 449 g/mol. The van der Waals surface area contributed by atoms with E-state index in [1.54, 1.807) is 12.4 Å². The summed E-state index contributed by atoms with van der Waals surface area (Å²) in [7, 11) is 2.14. The van der Waals surface area contributed by atoms with Crippen LogP contribution in [0.2, 0.25) is 0 Å². The van der Waals surface area contributed by atoms with Crippen LogP contribution in [0.5, 0.6) is 0 Å². The fourth-order valence-electron chi connectivity index (χ4n) is 4.16. The van der Waals surface area contributed by atoms with Crippen molar-refractivity contribution in [3.63, 3.8) is 0 Å². The van der Waals surface area contributed by atoms with Gasteiger partial charge in [0, 0.05) is 69.0 Å². The highest BCUT2D eigenvalue weighted by Gasteiger charge is 2.24. The molecule has 0 saturated carbocycles. The normalized spacial score (nSPS) is 17.4. The Morgan fingerprint density at radius 3 is 2.12 bits per heavy atom. The minimum absolute atomic E-state index is 0.189. The largest absolute Gasteiger partial charge is 0.378 e. The smallest absolute Gasteiger partial charge is 0.222 e. The second-order valence-electron chi connectivity index (χ2n) is 8.25. The second-order valence-corrected chi connectivity index (χ2v) is 8.25. The first-order valence-corrected chi connectivity index (χ1v) is 11.1. The maximum absolute atomic E-state index is 6.14. The SMILES string of the molecule is CN1CCN(c2ccc(-c3c(-c4cnc(N)nc4)nc(N)nc3N3CCOCC3)cn2)CC1. The number of nitrogens with two attached hydrogens (primary N) is 2. The molecule has 3 aromatic heterocycles. The Hall–Kier alpha value is -3.57. The molecule has 3 aromatic rings. The molecule has 0 aromatic carbocycles. The van der Waals surface area contributed by atoms with Crippen LogP contribution in [0.15, 0.2) is 30.7 Å². The third kappa shape index (κ3) is 4.50. The molecule has 11 nitrogen and oxygen atoms in total. The summed E-state index contributed by atoms with van der Waals surface area (Å²) < 4.78 is 5.54. The molecule has 2 aliphatic rings. The van der Waals surface area contributed by atoms with E-state index in [4.69, 9.17) is 21.2 Å². The maximum Gasteiger partial charge on any atom is 0.222 e. The summed E-state index contributed by atoms with van der Waals surface area (Å²) in [6.45, 7) is 6.66. The number of hydrogen-bond donors (Lipinski definition) is 2. The van der Waals surface area contributed by atoms with Crippen molar-refractivity contribution in [3.05, 3.63) is 30.7 Å². The molecule has 0 unspecified atom stereocenters. The molecule has 172 valence electrons. The van der Waals surface area contributed by atoms with E-state index in [2.05, 4.69) is 53.8 Å². The molecule has 4 N–H and O–H groups in total. The number of morpholine rings is 1. The van der Waals surface area contributed by atoms with Crippen molar-refractivity contribution in [1.29, 1.82) is 0 Å². The van der Waals surface area contributed by atoms with Gasteiger partial charge in [-0.05, 0) is 19.2 Å². The first-order chi connectivity index (χ1) is 16.1. The number of aromatic nitrogens is 5. The van der Waals surface area contributed by atoms with Crippen LogP contribution in [0.3, 0.4) is 0 Å². The number of piperazine rings is 1. The van der Waals surface area contributed by atoms with E-state index < -0.39 is 0 Å². The zero-order valence-electron chi connectivity index (χ0n) is 18.7. The van der Waals surface area contributed by atoms with Gasteiger partial charge in [-0.25, -0.2) is 19.9 Å². The van der Waals surface area contributed by atoms with Crippen LogP contribution in [0, 0.1) is 0 Å². The highest BCUT2D eigenvalue weighted by molar-refractivity contribution is 5.89. The van der Waals surface area contributed by atoms with Crippen molar-refractivity contribution in [3.8, 4) is 22.4 Å². The molecule has 11 heteroatoms. The summed E-state index contributed by atoms with van der Waals surface area (Å²) in [6, 6.07) is 4.13. The number of nitrogens with zero attached hydrogens (tertiary/aromatic N) is 8. The molecule has 0 aliphatic carbocycles. The molecule has 0 radical (unpaired) electrons. The summed E-state index contributed by atoms with van der Waals surface area (Å²) in [4.78, 5) is 29.1. The molecular weight excluding hydrogens is 420 g/mol. The highest BCUT2D eigenvalue weighted by Crippen LogP contribution is 2.38. The van der Waals surface area contributed by atoms with Gasteiger partial charge in [0.25, 0.3) is 0 Å². The lowest BCUT2D eigenvalue weighted by Gasteiger charge is -2.33. The molecule has 33 heavy (non-hydrogen) atoms. The second kappa shape index (κ2) is 9.12. The van der Waals surface area contributed by atoms with Gasteiger partial charge in [0.2, 0.25) is 11.9 Å². The Morgan fingerprint density at radius 2 is 1.45 bits per heavy atom. The lowest BCUT2D eigenvalue weighted by molar-refractivity contribution is 0.122. The molecule has 0 bridgehead atoms. The van der Waals surface area contributed by atoms with Gasteiger partial charge in [-0.1, -0.05) is 0 Å². The lowest BCUT2D eigenvalue weighted by atomic mass is 10.0. The molecule has 5 rings (SSSR count). The highest BCUT2D eigenvalue weighted by atomic mass is 16.5. The van der Waals surface area contributed by atoms with E-state index in [0.29, 0.717) is 37.6 Å². The minimum Gasteiger partial charge on any atom is -0.378 e. The van der Waals surface area contributed by atoms with Crippen molar-refractivity contribution < 1.29 is 4.74 Å². The minimum atomic E-state index is 0.189. The van der Waals surface area contributed by atoms with Crippen LogP contribution in [0.4, 0.5) is 23.5 Å². The van der Waals surface area contributed by atoms with Gasteiger partial charge in [-0.15, -0.1) is 0 Å². The van der Waals surface area contributed by atoms with Gasteiger partial charge >= 0.3 is 0 Å². The number of pyridine rings is 1. The molecular formula is C22H28N10O. The van der Waals surface area contributed by atoms with Crippen LogP contribution < -0.4 is 21.3 Å². The van der Waals surface area contributed by atoms with Crippen LogP contribution in [0.25, 0.3) is 22.4 Å². The molecule has 0 atom stereocenters. The monoisotopic (exact) mass is 448 g/mol. The number of likely N-dealkylation sites (N-methyl/N-ethyl adjacent to an activating group) is 1. The van der Waals surface area contributed by atoms with Gasteiger partial charge in [-0.3, -0.25) is 0 Å². The topological polar surface area (TPSA) is 135 Å². The van der Waals surface area contributed by atoms with E-state index >= 15 is 0 Å². The summed E-state index contributed by atoms with van der Waals surface area (Å²) >= 11 is 0. The molecule has 2 saturated heterocycles. The Kier molecular flexibility index (Phi) is 5.88. The number of hydrogen-bond acceptors (Lipinski definition) is 11. The van der Waals surface area contributed by atoms with Crippen LogP contribution in [0.1, 0.15) is 0 Å². The lowest BCUT2D eigenvalue weighted by Crippen LogP contribution is -2.44. The average Bonchev–Trinajstić information content (AvgIpc) is 2.85. The third-order valence-corrected chi connectivity index (χ3v) is 6.03. The summed E-state index contributed by atoms with van der Waals surface area (Å²) in [5.74, 6) is 2.11. The van der Waals surface area contributed by atoms with Crippen molar-refractivity contribution in [2.24, 2.45) is 0 Å². The van der Waals surface area contributed by atoms with E-state index in [1.807, 2.05) is 6.20 Å². The fraction of sp³-hybridized carbons (Fsp3) is 0.409. The van der Waals surface area contributed by atoms with Crippen LogP contribution in [-0.4, -0.2) is 89.3 Å². The van der Waals surface area contributed by atoms with Gasteiger partial charge < -0.3 is 30.9 Å². The predicted octanol–water partition coefficient (Wildman–Crippen LogP) is 0.748. The molecule has 2 aliphatic heterocycles. The molecule has 5 heterocycles. The van der Waals surface area contributed by atoms with Gasteiger partial charge in [0.15, 0.2) is 0 Å². The van der Waals surface area contributed by atoms with Crippen LogP contribution in [-0.2, 0) is 4.74 Å². The summed E-state index contributed by atoms with van der Waals surface area (Å²) in [5.41, 5.74) is 15.0. The van der Waals surface area contributed by atoms with Gasteiger partial charge in [-0.2, -0.15) is 4.98 Å². The van der Waals surface area contributed by atoms with Gasteiger partial charge in [0.05, 0.1) is 24.5 Å². The van der Waals surface area contributed by atoms with Crippen molar-refractivity contribution in [2.75, 3.05) is 80.8 Å². The van der Waals surface area contributed by atoms with E-state index in [-0.39, 0.29) is 11.9 Å². The van der Waals surface area contributed by atoms with Crippen molar-refractivity contribution in [2.45, 2.75) is 0 Å². The van der Waals surface area contributed by atoms with Crippen molar-refractivity contribution in [1.82, 2.24) is 29.8 Å². The number of ether oxygens (including phenoxy) is 1. The zero-order chi connectivity index (χ0) is 22.8. The van der Waals surface area contributed by atoms with E-state index in [9.17, 15) is 0 Å². The zero-order valence-corrected chi connectivity index (χ0v) is 18.7. The Bertz CT molecular complexity index is 1090. The maximum atomic E-state index is 6.14. The Morgan fingerprint density at radius 1 is 0.758 bits per heavy atom. The summed E-state index contributed by atoms with van der Waals surface area (Å²) in [5, 5.41) is 0. The Labute approximate surface area is 192 Å². The number of rotatable bonds is 4. The van der Waals surface area contributed by atoms with Gasteiger partial charge in [0.1, 0.15) is 11.6 Å². The van der Waals surface area contributed by atoms with Crippen LogP contribution >= 0.6 is 0 Å². The quantitative estimate of drug-likeness (QED) is 0.585. The summed E-state index contributed by atoms with van der Waals surface area (Å²) in [6.07, 6.45) is 5.19. The molecule has 2 fully saturated rings. The van der Waals surface area contributed by atoms with Crippen molar-refractivity contribution >= 4 is 23.5 Å². The fourth-order valence-corrected chi connectivity index (χ4v) is 4.16. The van der Waals surface area contributed by atoms with E-state index in [1.165, 1.54) is 0 Å². The standard InChI is InChI=1S/C22H28N10O/c1-30-4-6-31(7-5-30)17-3-2-15(12-25-17)18-19(16-13-26-21(23)27-14-16)28-22(24)29-20(18)32-8-10-33-11-9-32/h2-3,12-14H,4-11H2,1H3,(H2,23,26,27)(H2,24,28,29). The Balaban J connectivity index is 1.59. The predicted molar refractivity (Wildman–Crippen MR) is 128 cm³/mol. The first kappa shape index (κ1) is 21.3. The number of nitrogen functional groups attached to an aromatic ring is 2. The molecule has 0 amide bonds. The molecule has 0 spiro atoms. The van der Waals surface area contributed by atoms with E-state index in [0.717, 1.165) is 48.9 Å².